The van der Waals surface area contributed by atoms with E-state index in [2.05, 4.69) is 5.32 Å². The van der Waals surface area contributed by atoms with Gasteiger partial charge in [0.25, 0.3) is 0 Å². The standard InChI is InChI=1S/C24H20F2N2O5S/c1-32-23(30)18-5-3-4-12-28(22(18)24(31)33-2)16-7-9-17(10-8-16)34-14-21(29)27-20-13-15(25)6-11-19(20)26/h3-13H,14H2,1-2H3,(H,27,29). The van der Waals surface area contributed by atoms with Crippen LogP contribution in [0.3, 0.4) is 0 Å². The van der Waals surface area contributed by atoms with E-state index >= 15 is 0 Å². The molecule has 0 atom stereocenters. The first-order valence-corrected chi connectivity index (χ1v) is 10.9. The number of hydrogen-bond donors (Lipinski definition) is 1. The lowest BCUT2D eigenvalue weighted by Gasteiger charge is -2.23. The van der Waals surface area contributed by atoms with Gasteiger partial charge in [0.15, 0.2) is 0 Å². The number of carbonyl (C=O) groups excluding carboxylic acids is 3. The molecule has 10 heteroatoms. The Hall–Kier alpha value is -3.92. The van der Waals surface area contributed by atoms with E-state index in [-0.39, 0.29) is 22.7 Å². The third-order valence-electron chi connectivity index (χ3n) is 4.58. The van der Waals surface area contributed by atoms with Crippen molar-refractivity contribution in [3.8, 4) is 0 Å². The number of benzene rings is 2. The Labute approximate surface area is 198 Å². The summed E-state index contributed by atoms with van der Waals surface area (Å²) in [5, 5.41) is 2.34. The van der Waals surface area contributed by atoms with Crippen LogP contribution in [0.2, 0.25) is 0 Å². The van der Waals surface area contributed by atoms with E-state index in [1.54, 1.807) is 42.6 Å². The molecule has 1 aliphatic rings. The quantitative estimate of drug-likeness (QED) is 0.464. The smallest absolute Gasteiger partial charge is 0.355 e. The molecule has 0 aromatic heterocycles. The van der Waals surface area contributed by atoms with Crippen LogP contribution in [-0.2, 0) is 23.9 Å². The fraction of sp³-hybridized carbons (Fsp3) is 0.125. The fourth-order valence-corrected chi connectivity index (χ4v) is 3.70. The fourth-order valence-electron chi connectivity index (χ4n) is 3.00. The third-order valence-corrected chi connectivity index (χ3v) is 5.59. The molecule has 0 saturated carbocycles. The first-order valence-electron chi connectivity index (χ1n) is 9.86. The van der Waals surface area contributed by atoms with Gasteiger partial charge in [-0.25, -0.2) is 18.4 Å². The van der Waals surface area contributed by atoms with Gasteiger partial charge in [-0.2, -0.15) is 0 Å². The van der Waals surface area contributed by atoms with Crippen LogP contribution in [0, 0.1) is 11.6 Å². The van der Waals surface area contributed by atoms with Crippen molar-refractivity contribution in [2.75, 3.05) is 30.2 Å². The molecule has 0 spiro atoms. The highest BCUT2D eigenvalue weighted by Crippen LogP contribution is 2.29. The molecule has 176 valence electrons. The van der Waals surface area contributed by atoms with Crippen LogP contribution >= 0.6 is 11.8 Å². The number of nitrogens with one attached hydrogen (secondary N) is 1. The van der Waals surface area contributed by atoms with Crippen LogP contribution in [0.1, 0.15) is 0 Å². The lowest BCUT2D eigenvalue weighted by Crippen LogP contribution is -2.26. The summed E-state index contributed by atoms with van der Waals surface area (Å²) < 4.78 is 36.6. The highest BCUT2D eigenvalue weighted by Gasteiger charge is 2.27. The van der Waals surface area contributed by atoms with Crippen LogP contribution in [-0.4, -0.2) is 37.8 Å². The van der Waals surface area contributed by atoms with Gasteiger partial charge in [-0.15, -0.1) is 11.8 Å². The normalized spacial score (nSPS) is 12.9. The van der Waals surface area contributed by atoms with Crippen LogP contribution < -0.4 is 10.2 Å². The number of amides is 1. The highest BCUT2D eigenvalue weighted by molar-refractivity contribution is 8.00. The molecule has 0 aliphatic carbocycles. The first-order chi connectivity index (χ1) is 16.3. The number of hydrogen-bond acceptors (Lipinski definition) is 7. The van der Waals surface area contributed by atoms with E-state index in [1.807, 2.05) is 0 Å². The molecule has 2 aromatic carbocycles. The van der Waals surface area contributed by atoms with E-state index in [0.29, 0.717) is 10.6 Å². The lowest BCUT2D eigenvalue weighted by atomic mass is 10.1. The molecule has 1 heterocycles. The summed E-state index contributed by atoms with van der Waals surface area (Å²) >= 11 is 1.18. The zero-order chi connectivity index (χ0) is 24.7. The number of rotatable bonds is 7. The summed E-state index contributed by atoms with van der Waals surface area (Å²) in [6.45, 7) is 0. The molecule has 0 unspecified atom stereocenters. The number of ether oxygens (including phenoxy) is 2. The van der Waals surface area contributed by atoms with Gasteiger partial charge in [0, 0.05) is 22.8 Å². The molecule has 1 N–H and O–H groups in total. The molecule has 1 amide bonds. The molecule has 0 radical (unpaired) electrons. The minimum absolute atomic E-state index is 0.0174. The van der Waals surface area contributed by atoms with Crippen molar-refractivity contribution in [1.29, 1.82) is 0 Å². The SMILES string of the molecule is COC(=O)C1=C(C(=O)OC)N(c2ccc(SCC(=O)Nc3cc(F)ccc3F)cc2)C=CC=C1. The molecule has 0 saturated heterocycles. The summed E-state index contributed by atoms with van der Waals surface area (Å²) in [6.07, 6.45) is 6.30. The second-order valence-electron chi connectivity index (χ2n) is 6.77. The van der Waals surface area contributed by atoms with Gasteiger partial charge in [-0.1, -0.05) is 6.08 Å². The lowest BCUT2D eigenvalue weighted by molar-refractivity contribution is -0.139. The maximum atomic E-state index is 13.7. The summed E-state index contributed by atoms with van der Waals surface area (Å²) in [5.74, 6) is -3.35. The van der Waals surface area contributed by atoms with Gasteiger partial charge in [-0.05, 0) is 48.6 Å². The minimum Gasteiger partial charge on any atom is -0.465 e. The van der Waals surface area contributed by atoms with Crippen LogP contribution in [0.15, 0.2) is 83.1 Å². The Morgan fingerprint density at radius 3 is 2.35 bits per heavy atom. The van der Waals surface area contributed by atoms with E-state index in [0.717, 1.165) is 18.2 Å². The number of carbonyl (C=O) groups is 3. The predicted molar refractivity (Wildman–Crippen MR) is 124 cm³/mol. The number of allylic oxidation sites excluding steroid dienone is 2. The molecule has 3 rings (SSSR count). The number of methoxy groups -OCH3 is 2. The van der Waals surface area contributed by atoms with Crippen molar-refractivity contribution in [2.24, 2.45) is 0 Å². The number of nitrogens with zero attached hydrogens (tertiary/aromatic N) is 1. The van der Waals surface area contributed by atoms with Gasteiger partial charge in [-0.3, -0.25) is 4.79 Å². The zero-order valence-corrected chi connectivity index (χ0v) is 19.0. The van der Waals surface area contributed by atoms with Crippen molar-refractivity contribution in [1.82, 2.24) is 0 Å². The summed E-state index contributed by atoms with van der Waals surface area (Å²) in [4.78, 5) is 39.0. The molecular weight excluding hydrogens is 466 g/mol. The van der Waals surface area contributed by atoms with Crippen LogP contribution in [0.25, 0.3) is 0 Å². The molecule has 34 heavy (non-hydrogen) atoms. The maximum absolute atomic E-state index is 13.7. The monoisotopic (exact) mass is 486 g/mol. The van der Waals surface area contributed by atoms with E-state index < -0.39 is 29.5 Å². The van der Waals surface area contributed by atoms with Crippen LogP contribution in [0.4, 0.5) is 20.2 Å². The van der Waals surface area contributed by atoms with Crippen molar-refractivity contribution >= 4 is 41.0 Å². The number of anilines is 2. The molecule has 2 aromatic rings. The summed E-state index contributed by atoms with van der Waals surface area (Å²) in [5.41, 5.74) is 0.332. The molecule has 1 aliphatic heterocycles. The Morgan fingerprint density at radius 2 is 1.68 bits per heavy atom. The summed E-state index contributed by atoms with van der Waals surface area (Å²) in [7, 11) is 2.42. The van der Waals surface area contributed by atoms with Crippen molar-refractivity contribution < 1.29 is 32.6 Å². The number of halogens is 2. The number of thioether (sulfide) groups is 1. The number of esters is 2. The second-order valence-corrected chi connectivity index (χ2v) is 7.82. The van der Waals surface area contributed by atoms with Crippen molar-refractivity contribution in [3.05, 3.63) is 89.8 Å². The Balaban J connectivity index is 1.75. The summed E-state index contributed by atoms with van der Waals surface area (Å²) in [6, 6.07) is 9.63. The van der Waals surface area contributed by atoms with Gasteiger partial charge < -0.3 is 19.7 Å². The predicted octanol–water partition coefficient (Wildman–Crippen LogP) is 4.19. The minimum atomic E-state index is -0.732. The Kier molecular flexibility index (Phi) is 8.20. The van der Waals surface area contributed by atoms with Gasteiger partial charge in [0.2, 0.25) is 5.91 Å². The zero-order valence-electron chi connectivity index (χ0n) is 18.2. The van der Waals surface area contributed by atoms with Crippen molar-refractivity contribution in [3.63, 3.8) is 0 Å². The average molecular weight is 486 g/mol. The van der Waals surface area contributed by atoms with Gasteiger partial charge in [0.05, 0.1) is 31.2 Å². The topological polar surface area (TPSA) is 84.9 Å². The second kappa shape index (κ2) is 11.3. The van der Waals surface area contributed by atoms with Crippen molar-refractivity contribution in [2.45, 2.75) is 4.90 Å². The van der Waals surface area contributed by atoms with E-state index in [1.165, 1.54) is 37.0 Å². The molecule has 0 fully saturated rings. The van der Waals surface area contributed by atoms with E-state index in [9.17, 15) is 23.2 Å². The largest absolute Gasteiger partial charge is 0.465 e. The van der Waals surface area contributed by atoms with E-state index in [4.69, 9.17) is 9.47 Å². The first kappa shape index (κ1) is 24.7. The molecule has 7 nitrogen and oxygen atoms in total. The van der Waals surface area contributed by atoms with Crippen LogP contribution in [0.5, 0.6) is 0 Å². The van der Waals surface area contributed by atoms with Gasteiger partial charge in [0.1, 0.15) is 17.3 Å². The highest BCUT2D eigenvalue weighted by atomic mass is 32.2. The Bertz CT molecular complexity index is 1190. The molecule has 0 bridgehead atoms. The van der Waals surface area contributed by atoms with Gasteiger partial charge >= 0.3 is 11.9 Å². The third kappa shape index (κ3) is 5.90. The maximum Gasteiger partial charge on any atom is 0.355 e. The average Bonchev–Trinajstić information content (AvgIpc) is 3.07. The Morgan fingerprint density at radius 1 is 0.971 bits per heavy atom. The molecular formula is C24H20F2N2O5S.